The monoisotopic (exact) mass is 527 g/mol. The first-order valence-corrected chi connectivity index (χ1v) is 10.4. The van der Waals surface area contributed by atoms with Crippen molar-refractivity contribution in [2.75, 3.05) is 46.4 Å². The van der Waals surface area contributed by atoms with Crippen molar-refractivity contribution in [2.24, 2.45) is 4.99 Å². The molecule has 1 N–H and O–H groups in total. The fourth-order valence-electron chi connectivity index (χ4n) is 3.58. The summed E-state index contributed by atoms with van der Waals surface area (Å²) in [6, 6.07) is 10.3. The largest absolute Gasteiger partial charge is 0.491 e. The Balaban J connectivity index is 0.00000320. The molecule has 0 aliphatic carbocycles. The molecule has 1 saturated heterocycles. The van der Waals surface area contributed by atoms with Crippen LogP contribution in [0.1, 0.15) is 36.8 Å². The number of guanidine groups is 1. The number of halogens is 1. The first-order valence-electron chi connectivity index (χ1n) is 10.4. The van der Waals surface area contributed by atoms with E-state index in [9.17, 15) is 0 Å². The lowest BCUT2D eigenvalue weighted by atomic mass is 10.0. The maximum absolute atomic E-state index is 6.01. The van der Waals surface area contributed by atoms with Crippen LogP contribution in [-0.4, -0.2) is 67.3 Å². The van der Waals surface area contributed by atoms with Crippen LogP contribution in [0.3, 0.4) is 0 Å². The second kappa shape index (κ2) is 12.1. The average Bonchev–Trinajstić information content (AvgIpc) is 3.13. The van der Waals surface area contributed by atoms with Crippen LogP contribution in [0.4, 0.5) is 0 Å². The van der Waals surface area contributed by atoms with Gasteiger partial charge in [-0.3, -0.25) is 9.89 Å². The maximum Gasteiger partial charge on any atom is 0.193 e. The fourth-order valence-corrected chi connectivity index (χ4v) is 3.58. The first-order chi connectivity index (χ1) is 14.1. The summed E-state index contributed by atoms with van der Waals surface area (Å²) in [6.07, 6.45) is 0. The SMILES string of the molecule is CN=C(NCCOc1ccccc1C(C)C)N1CCN(Cc2cc(C)on2)CC1.I. The number of hydrogen-bond donors (Lipinski definition) is 1. The summed E-state index contributed by atoms with van der Waals surface area (Å²) in [5.74, 6) is 3.21. The van der Waals surface area contributed by atoms with Crippen LogP contribution in [0.5, 0.6) is 5.75 Å². The van der Waals surface area contributed by atoms with Crippen LogP contribution in [0.25, 0.3) is 0 Å². The van der Waals surface area contributed by atoms with Gasteiger partial charge in [0.15, 0.2) is 5.96 Å². The number of aromatic nitrogens is 1. The van der Waals surface area contributed by atoms with Gasteiger partial charge in [-0.2, -0.15) is 0 Å². The molecule has 30 heavy (non-hydrogen) atoms. The first kappa shape index (κ1) is 24.5. The van der Waals surface area contributed by atoms with E-state index in [1.165, 1.54) is 5.56 Å². The molecule has 7 nitrogen and oxygen atoms in total. The summed E-state index contributed by atoms with van der Waals surface area (Å²) < 4.78 is 11.2. The predicted molar refractivity (Wildman–Crippen MR) is 131 cm³/mol. The van der Waals surface area contributed by atoms with Gasteiger partial charge >= 0.3 is 0 Å². The van der Waals surface area contributed by atoms with E-state index in [0.29, 0.717) is 12.5 Å². The van der Waals surface area contributed by atoms with Gasteiger partial charge in [-0.05, 0) is 24.5 Å². The Morgan fingerprint density at radius 2 is 1.97 bits per heavy atom. The molecule has 1 aromatic heterocycles. The standard InChI is InChI=1S/C22H33N5O2.HI/c1-17(2)20-7-5-6-8-21(20)28-14-9-24-22(23-4)27-12-10-26(11-13-27)16-19-15-18(3)29-25-19;/h5-8,15,17H,9-14,16H2,1-4H3,(H,23,24);1H. The van der Waals surface area contributed by atoms with Crippen molar-refractivity contribution < 1.29 is 9.26 Å². The highest BCUT2D eigenvalue weighted by molar-refractivity contribution is 14.0. The fraction of sp³-hybridized carbons (Fsp3) is 0.545. The lowest BCUT2D eigenvalue weighted by Crippen LogP contribution is -2.52. The summed E-state index contributed by atoms with van der Waals surface area (Å²) in [6.45, 7) is 12.3. The molecular weight excluding hydrogens is 493 g/mol. The number of benzene rings is 1. The van der Waals surface area contributed by atoms with E-state index in [-0.39, 0.29) is 24.0 Å². The van der Waals surface area contributed by atoms with Crippen LogP contribution >= 0.6 is 24.0 Å². The molecule has 1 aliphatic rings. The Kier molecular flexibility index (Phi) is 9.90. The molecule has 1 aromatic carbocycles. The van der Waals surface area contributed by atoms with Gasteiger partial charge in [0, 0.05) is 45.8 Å². The molecule has 0 atom stereocenters. The van der Waals surface area contributed by atoms with E-state index < -0.39 is 0 Å². The minimum atomic E-state index is 0. The molecule has 0 saturated carbocycles. The highest BCUT2D eigenvalue weighted by atomic mass is 127. The Morgan fingerprint density at radius 3 is 2.60 bits per heavy atom. The van der Waals surface area contributed by atoms with Crippen LogP contribution < -0.4 is 10.1 Å². The topological polar surface area (TPSA) is 66.1 Å². The lowest BCUT2D eigenvalue weighted by Gasteiger charge is -2.36. The third-order valence-electron chi connectivity index (χ3n) is 5.13. The quantitative estimate of drug-likeness (QED) is 0.258. The molecule has 0 spiro atoms. The number of nitrogens with one attached hydrogen (secondary N) is 1. The molecule has 1 fully saturated rings. The van der Waals surface area contributed by atoms with Crippen molar-refractivity contribution in [1.82, 2.24) is 20.3 Å². The number of rotatable bonds is 7. The zero-order valence-electron chi connectivity index (χ0n) is 18.4. The summed E-state index contributed by atoms with van der Waals surface area (Å²) >= 11 is 0. The van der Waals surface area contributed by atoms with E-state index in [2.05, 4.69) is 51.2 Å². The average molecular weight is 527 g/mol. The zero-order chi connectivity index (χ0) is 20.6. The number of aryl methyl sites for hydroxylation is 1. The van der Waals surface area contributed by atoms with Crippen LogP contribution in [0, 0.1) is 6.92 Å². The molecule has 0 unspecified atom stereocenters. The Hall–Kier alpha value is -1.81. The number of nitrogens with zero attached hydrogens (tertiary/aromatic N) is 4. The molecule has 1 aliphatic heterocycles. The molecule has 0 amide bonds. The van der Waals surface area contributed by atoms with Gasteiger partial charge in [-0.15, -0.1) is 24.0 Å². The summed E-state index contributed by atoms with van der Waals surface area (Å²) in [4.78, 5) is 9.14. The smallest absolute Gasteiger partial charge is 0.193 e. The van der Waals surface area contributed by atoms with Crippen molar-refractivity contribution in [3.05, 3.63) is 47.3 Å². The van der Waals surface area contributed by atoms with Crippen molar-refractivity contribution in [3.8, 4) is 5.75 Å². The third-order valence-corrected chi connectivity index (χ3v) is 5.13. The van der Waals surface area contributed by atoms with E-state index in [1.54, 1.807) is 0 Å². The summed E-state index contributed by atoms with van der Waals surface area (Å²) in [7, 11) is 1.84. The number of hydrogen-bond acceptors (Lipinski definition) is 5. The van der Waals surface area contributed by atoms with Crippen LogP contribution in [0.15, 0.2) is 39.8 Å². The highest BCUT2D eigenvalue weighted by Gasteiger charge is 2.20. The van der Waals surface area contributed by atoms with Crippen molar-refractivity contribution in [3.63, 3.8) is 0 Å². The van der Waals surface area contributed by atoms with E-state index >= 15 is 0 Å². The van der Waals surface area contributed by atoms with Crippen molar-refractivity contribution in [1.29, 1.82) is 0 Å². The molecular formula is C22H34IN5O2. The highest BCUT2D eigenvalue weighted by Crippen LogP contribution is 2.25. The predicted octanol–water partition coefficient (Wildman–Crippen LogP) is 3.50. The summed E-state index contributed by atoms with van der Waals surface area (Å²) in [5.41, 5.74) is 2.24. The Bertz CT molecular complexity index is 800. The van der Waals surface area contributed by atoms with Gasteiger partial charge in [-0.25, -0.2) is 0 Å². The second-order valence-corrected chi connectivity index (χ2v) is 7.71. The van der Waals surface area contributed by atoms with Gasteiger partial charge in [0.25, 0.3) is 0 Å². The molecule has 2 heterocycles. The van der Waals surface area contributed by atoms with Crippen molar-refractivity contribution in [2.45, 2.75) is 33.2 Å². The minimum absolute atomic E-state index is 0. The zero-order valence-corrected chi connectivity index (χ0v) is 20.8. The van der Waals surface area contributed by atoms with E-state index in [4.69, 9.17) is 9.26 Å². The van der Waals surface area contributed by atoms with Gasteiger partial charge in [0.2, 0.25) is 0 Å². The molecule has 0 bridgehead atoms. The second-order valence-electron chi connectivity index (χ2n) is 7.71. The third kappa shape index (κ3) is 6.87. The van der Waals surface area contributed by atoms with Gasteiger partial charge in [-0.1, -0.05) is 37.2 Å². The van der Waals surface area contributed by atoms with E-state index in [0.717, 1.165) is 62.4 Å². The molecule has 166 valence electrons. The number of ether oxygens (including phenoxy) is 1. The van der Waals surface area contributed by atoms with Crippen LogP contribution in [0.2, 0.25) is 0 Å². The summed E-state index contributed by atoms with van der Waals surface area (Å²) in [5, 5.41) is 7.52. The van der Waals surface area contributed by atoms with Gasteiger partial charge in [0.05, 0.1) is 12.2 Å². The molecule has 8 heteroatoms. The van der Waals surface area contributed by atoms with Crippen LogP contribution in [-0.2, 0) is 6.54 Å². The number of aliphatic imine (C=N–C) groups is 1. The Morgan fingerprint density at radius 1 is 1.23 bits per heavy atom. The molecule has 3 rings (SSSR count). The maximum atomic E-state index is 6.01. The van der Waals surface area contributed by atoms with E-state index in [1.807, 2.05) is 32.2 Å². The van der Waals surface area contributed by atoms with Gasteiger partial charge < -0.3 is 19.5 Å². The Labute approximate surface area is 196 Å². The number of piperazine rings is 1. The number of para-hydroxylation sites is 1. The van der Waals surface area contributed by atoms with Gasteiger partial charge in [0.1, 0.15) is 18.1 Å². The minimum Gasteiger partial charge on any atom is -0.491 e. The normalized spacial score (nSPS) is 15.2. The lowest BCUT2D eigenvalue weighted by molar-refractivity contribution is 0.168. The molecule has 0 radical (unpaired) electrons. The molecule has 2 aromatic rings. The van der Waals surface area contributed by atoms with Crippen molar-refractivity contribution >= 4 is 29.9 Å².